The molecule has 1 aliphatic heterocycles. The minimum absolute atomic E-state index is 0.00845. The van der Waals surface area contributed by atoms with Crippen molar-refractivity contribution in [1.82, 2.24) is 4.90 Å². The van der Waals surface area contributed by atoms with E-state index in [4.69, 9.17) is 9.15 Å². The van der Waals surface area contributed by atoms with Gasteiger partial charge in [0.1, 0.15) is 17.9 Å². The molecule has 6 heteroatoms. The van der Waals surface area contributed by atoms with Crippen molar-refractivity contribution in [1.29, 1.82) is 0 Å². The molecule has 1 aliphatic carbocycles. The van der Waals surface area contributed by atoms with Crippen LogP contribution in [0.1, 0.15) is 54.4 Å². The third-order valence-corrected chi connectivity index (χ3v) is 8.97. The van der Waals surface area contributed by atoms with Crippen LogP contribution in [-0.4, -0.2) is 34.6 Å². The van der Waals surface area contributed by atoms with Gasteiger partial charge in [0.2, 0.25) is 5.91 Å². The highest BCUT2D eigenvalue weighted by molar-refractivity contribution is 5.87. The summed E-state index contributed by atoms with van der Waals surface area (Å²) in [6.07, 6.45) is 4.52. The Labute approximate surface area is 228 Å². The fourth-order valence-corrected chi connectivity index (χ4v) is 6.48. The van der Waals surface area contributed by atoms with Crippen molar-refractivity contribution in [3.05, 3.63) is 87.3 Å². The van der Waals surface area contributed by atoms with Crippen LogP contribution in [0.25, 0.3) is 21.7 Å². The van der Waals surface area contributed by atoms with Gasteiger partial charge in [0.25, 0.3) is 0 Å². The Bertz CT molecular complexity index is 1620. The van der Waals surface area contributed by atoms with Gasteiger partial charge < -0.3 is 19.2 Å². The number of amides is 1. The van der Waals surface area contributed by atoms with E-state index < -0.39 is 11.2 Å². The van der Waals surface area contributed by atoms with Crippen molar-refractivity contribution in [2.75, 3.05) is 13.1 Å². The van der Waals surface area contributed by atoms with Crippen LogP contribution in [0.4, 0.5) is 0 Å². The van der Waals surface area contributed by atoms with Gasteiger partial charge >= 0.3 is 5.63 Å². The molecular weight excluding hydrogens is 490 g/mol. The number of carbonyl (C=O) groups excluding carboxylic acids is 1. The second-order valence-corrected chi connectivity index (χ2v) is 11.3. The molecule has 1 amide bonds. The normalized spacial score (nSPS) is 21.2. The molecule has 202 valence electrons. The summed E-state index contributed by atoms with van der Waals surface area (Å²) in [5, 5.41) is 14.1. The number of aryl methyl sites for hydroxylation is 2. The molecule has 2 aliphatic rings. The average molecular weight is 526 g/mol. The molecule has 6 nitrogen and oxygen atoms in total. The van der Waals surface area contributed by atoms with Gasteiger partial charge in [-0.3, -0.25) is 4.79 Å². The summed E-state index contributed by atoms with van der Waals surface area (Å²) in [5.41, 5.74) is 2.37. The Morgan fingerprint density at radius 1 is 1.05 bits per heavy atom. The smallest absolute Gasteiger partial charge is 0.340 e. The van der Waals surface area contributed by atoms with Crippen LogP contribution in [-0.2, 0) is 17.8 Å². The molecule has 2 atom stereocenters. The number of hydrogen-bond donors (Lipinski definition) is 1. The van der Waals surface area contributed by atoms with Crippen LogP contribution in [0, 0.1) is 19.8 Å². The van der Waals surface area contributed by atoms with Crippen molar-refractivity contribution in [3.63, 3.8) is 0 Å². The summed E-state index contributed by atoms with van der Waals surface area (Å²) in [6, 6.07) is 18.3. The standard InChI is InChI=1S/C33H35NO5/c1-21-27-12-13-29(38-20-23-10-11-24-7-3-4-8-25(24)17-23)22(2)31(27)39-32(36)28(21)18-30(35)34-16-15-33(37)14-6-5-9-26(33)19-34/h3-4,7-8,10-13,17,26,37H,5-6,9,14-16,18-20H2,1-2H3/t26-,33-/m1/s1. The van der Waals surface area contributed by atoms with E-state index in [-0.39, 0.29) is 18.2 Å². The third-order valence-electron chi connectivity index (χ3n) is 8.97. The molecule has 3 aromatic carbocycles. The van der Waals surface area contributed by atoms with Crippen LogP contribution in [0.5, 0.6) is 5.75 Å². The van der Waals surface area contributed by atoms with Crippen molar-refractivity contribution in [3.8, 4) is 5.75 Å². The maximum atomic E-state index is 13.3. The largest absolute Gasteiger partial charge is 0.488 e. The van der Waals surface area contributed by atoms with Crippen LogP contribution < -0.4 is 10.4 Å². The quantitative estimate of drug-likeness (QED) is 0.331. The van der Waals surface area contributed by atoms with Crippen molar-refractivity contribution in [2.24, 2.45) is 5.92 Å². The third kappa shape index (κ3) is 4.82. The lowest BCUT2D eigenvalue weighted by Crippen LogP contribution is -2.55. The van der Waals surface area contributed by atoms with E-state index in [0.29, 0.717) is 43.0 Å². The molecule has 0 unspecified atom stereocenters. The van der Waals surface area contributed by atoms with Gasteiger partial charge in [0.05, 0.1) is 17.6 Å². The molecule has 4 aromatic rings. The first kappa shape index (κ1) is 25.6. The lowest BCUT2D eigenvalue weighted by Gasteiger charge is -2.47. The fourth-order valence-electron chi connectivity index (χ4n) is 6.48. The summed E-state index contributed by atoms with van der Waals surface area (Å²) >= 11 is 0. The van der Waals surface area contributed by atoms with E-state index in [9.17, 15) is 14.7 Å². The lowest BCUT2D eigenvalue weighted by molar-refractivity contribution is -0.142. The molecule has 0 bridgehead atoms. The van der Waals surface area contributed by atoms with Gasteiger partial charge in [0.15, 0.2) is 0 Å². The van der Waals surface area contributed by atoms with Gasteiger partial charge in [-0.15, -0.1) is 0 Å². The molecule has 0 spiro atoms. The number of fused-ring (bicyclic) bond motifs is 3. The zero-order valence-electron chi connectivity index (χ0n) is 22.7. The Morgan fingerprint density at radius 2 is 1.87 bits per heavy atom. The predicted molar refractivity (Wildman–Crippen MR) is 152 cm³/mol. The van der Waals surface area contributed by atoms with E-state index in [1.54, 1.807) is 0 Å². The van der Waals surface area contributed by atoms with E-state index in [1.165, 1.54) is 5.39 Å². The molecule has 1 saturated heterocycles. The van der Waals surface area contributed by atoms with Gasteiger partial charge in [-0.25, -0.2) is 4.79 Å². The number of nitrogens with zero attached hydrogens (tertiary/aromatic N) is 1. The summed E-state index contributed by atoms with van der Waals surface area (Å²) < 4.78 is 11.9. The van der Waals surface area contributed by atoms with E-state index in [2.05, 4.69) is 30.3 Å². The Kier molecular flexibility index (Phi) is 6.67. The lowest BCUT2D eigenvalue weighted by atomic mass is 9.71. The summed E-state index contributed by atoms with van der Waals surface area (Å²) in [5.74, 6) is 0.702. The maximum absolute atomic E-state index is 13.3. The fraction of sp³-hybridized carbons (Fsp3) is 0.394. The zero-order chi connectivity index (χ0) is 27.1. The molecule has 1 N–H and O–H groups in total. The van der Waals surface area contributed by atoms with Crippen LogP contribution >= 0.6 is 0 Å². The SMILES string of the molecule is Cc1c(CC(=O)N2CC[C@]3(O)CCCC[C@@H]3C2)c(=O)oc2c(C)c(OCc3ccc4ccccc4c3)ccc12. The molecule has 6 rings (SSSR count). The minimum Gasteiger partial charge on any atom is -0.488 e. The van der Waals surface area contributed by atoms with Crippen molar-refractivity contribution in [2.45, 2.75) is 64.6 Å². The predicted octanol–water partition coefficient (Wildman–Crippen LogP) is 5.84. The number of aliphatic hydroxyl groups is 1. The minimum atomic E-state index is -0.640. The summed E-state index contributed by atoms with van der Waals surface area (Å²) in [7, 11) is 0. The first-order valence-corrected chi connectivity index (χ1v) is 14.0. The molecule has 1 aromatic heterocycles. The second-order valence-electron chi connectivity index (χ2n) is 11.3. The number of benzene rings is 3. The molecule has 0 radical (unpaired) electrons. The average Bonchev–Trinajstić information content (AvgIpc) is 2.94. The van der Waals surface area contributed by atoms with Crippen molar-refractivity contribution >= 4 is 27.6 Å². The number of likely N-dealkylation sites (tertiary alicyclic amines) is 1. The first-order valence-electron chi connectivity index (χ1n) is 14.0. The molecule has 2 fully saturated rings. The van der Waals surface area contributed by atoms with E-state index in [1.807, 2.05) is 43.0 Å². The highest BCUT2D eigenvalue weighted by atomic mass is 16.5. The second kappa shape index (κ2) is 10.2. The monoisotopic (exact) mass is 525 g/mol. The van der Waals surface area contributed by atoms with E-state index in [0.717, 1.165) is 53.1 Å². The molecule has 39 heavy (non-hydrogen) atoms. The Morgan fingerprint density at radius 3 is 2.72 bits per heavy atom. The number of piperidine rings is 1. The highest BCUT2D eigenvalue weighted by Crippen LogP contribution is 2.40. The number of rotatable bonds is 5. The summed E-state index contributed by atoms with van der Waals surface area (Å²) in [4.78, 5) is 28.2. The van der Waals surface area contributed by atoms with Gasteiger partial charge in [-0.1, -0.05) is 49.2 Å². The van der Waals surface area contributed by atoms with E-state index >= 15 is 0 Å². The Hall–Kier alpha value is -3.64. The van der Waals surface area contributed by atoms with Gasteiger partial charge in [0, 0.05) is 30.0 Å². The highest BCUT2D eigenvalue weighted by Gasteiger charge is 2.43. The van der Waals surface area contributed by atoms with Crippen LogP contribution in [0.3, 0.4) is 0 Å². The first-order chi connectivity index (χ1) is 18.8. The van der Waals surface area contributed by atoms with Crippen molar-refractivity contribution < 1.29 is 19.1 Å². The van der Waals surface area contributed by atoms with Gasteiger partial charge in [-0.2, -0.15) is 0 Å². The molecule has 2 heterocycles. The number of hydrogen-bond acceptors (Lipinski definition) is 5. The Balaban J connectivity index is 1.20. The van der Waals surface area contributed by atoms with Crippen LogP contribution in [0.2, 0.25) is 0 Å². The van der Waals surface area contributed by atoms with Gasteiger partial charge in [-0.05, 0) is 73.2 Å². The zero-order valence-corrected chi connectivity index (χ0v) is 22.7. The molecular formula is C33H35NO5. The summed E-state index contributed by atoms with van der Waals surface area (Å²) in [6.45, 7) is 5.27. The maximum Gasteiger partial charge on any atom is 0.340 e. The topological polar surface area (TPSA) is 80.0 Å². The molecule has 1 saturated carbocycles. The number of carbonyl (C=O) groups is 1. The van der Waals surface area contributed by atoms with Crippen LogP contribution in [0.15, 0.2) is 63.8 Å². The number of ether oxygens (including phenoxy) is 1.